The van der Waals surface area contributed by atoms with Gasteiger partial charge in [0, 0.05) is 16.7 Å². The van der Waals surface area contributed by atoms with E-state index in [1.165, 1.54) is 12.1 Å². The molecule has 6 rings (SSSR count). The first-order valence-electron chi connectivity index (χ1n) is 10.3. The van der Waals surface area contributed by atoms with Gasteiger partial charge < -0.3 is 18.9 Å². The van der Waals surface area contributed by atoms with Crippen molar-refractivity contribution in [1.82, 2.24) is 5.43 Å². The van der Waals surface area contributed by atoms with E-state index in [9.17, 15) is 8.78 Å². The molecule has 0 radical (unpaired) electrons. The van der Waals surface area contributed by atoms with Crippen LogP contribution in [0.3, 0.4) is 0 Å². The number of nitrogens with zero attached hydrogens (tertiary/aromatic N) is 1. The molecule has 0 fully saturated rings. The number of alkyl halides is 2. The van der Waals surface area contributed by atoms with Crippen LogP contribution in [-0.4, -0.2) is 26.1 Å². The molecule has 0 aromatic heterocycles. The summed E-state index contributed by atoms with van der Waals surface area (Å²) in [7, 11) is 0. The summed E-state index contributed by atoms with van der Waals surface area (Å²) in [6.45, 7) is 1.48. The number of hydrogen-bond acceptors (Lipinski definition) is 6. The fraction of sp³-hybridized carbons (Fsp3) is 0.167. The molecule has 33 heavy (non-hydrogen) atoms. The highest BCUT2D eigenvalue weighted by atomic mass is 35.5. The molecule has 0 amide bonds. The molecule has 0 bridgehead atoms. The average Bonchev–Trinajstić information content (AvgIpc) is 3.38. The maximum atomic E-state index is 13.5. The lowest BCUT2D eigenvalue weighted by Gasteiger charge is -2.21. The molecule has 0 spiro atoms. The third-order valence-corrected chi connectivity index (χ3v) is 5.84. The number of ether oxygens (including phenoxy) is 4. The molecule has 0 atom stereocenters. The number of halogens is 3. The van der Waals surface area contributed by atoms with Crippen molar-refractivity contribution in [3.8, 4) is 23.0 Å². The van der Waals surface area contributed by atoms with Gasteiger partial charge in [0.2, 0.25) is 0 Å². The molecule has 168 valence electrons. The number of fused-ring (bicyclic) bond motifs is 2. The Labute approximate surface area is 192 Å². The van der Waals surface area contributed by atoms with Crippen LogP contribution >= 0.6 is 11.6 Å². The lowest BCUT2D eigenvalue weighted by Crippen LogP contribution is -2.31. The summed E-state index contributed by atoms with van der Waals surface area (Å²) in [5.41, 5.74) is 7.79. The van der Waals surface area contributed by atoms with Gasteiger partial charge in [-0.3, -0.25) is 10.4 Å². The van der Waals surface area contributed by atoms with Gasteiger partial charge >= 0.3 is 6.29 Å². The molecule has 0 aliphatic carbocycles. The van der Waals surface area contributed by atoms with Gasteiger partial charge in [-0.2, -0.15) is 0 Å². The Morgan fingerprint density at radius 1 is 0.788 bits per heavy atom. The SMILES string of the molecule is FC1(F)Oc2ccc(N3CC(c4ccc5c(c4)OCCO5)=C(c4ccc(Cl)cc4)N3)cc2O1. The van der Waals surface area contributed by atoms with Gasteiger partial charge in [-0.15, -0.1) is 8.78 Å². The number of anilines is 1. The van der Waals surface area contributed by atoms with E-state index < -0.39 is 6.29 Å². The molecular weight excluding hydrogens is 454 g/mol. The maximum absolute atomic E-state index is 13.5. The monoisotopic (exact) mass is 470 g/mol. The second-order valence-electron chi connectivity index (χ2n) is 7.72. The van der Waals surface area contributed by atoms with Crippen molar-refractivity contribution in [2.45, 2.75) is 6.29 Å². The van der Waals surface area contributed by atoms with E-state index in [1.807, 2.05) is 47.5 Å². The molecule has 6 nitrogen and oxygen atoms in total. The third-order valence-electron chi connectivity index (χ3n) is 5.58. The molecule has 0 unspecified atom stereocenters. The van der Waals surface area contributed by atoms with Crippen LogP contribution in [0.5, 0.6) is 23.0 Å². The largest absolute Gasteiger partial charge is 0.586 e. The molecule has 1 N–H and O–H groups in total. The van der Waals surface area contributed by atoms with Crippen LogP contribution in [-0.2, 0) is 0 Å². The van der Waals surface area contributed by atoms with E-state index in [1.54, 1.807) is 6.07 Å². The van der Waals surface area contributed by atoms with Crippen LogP contribution in [0.4, 0.5) is 14.5 Å². The maximum Gasteiger partial charge on any atom is 0.586 e. The van der Waals surface area contributed by atoms with Gasteiger partial charge in [-0.25, -0.2) is 0 Å². The van der Waals surface area contributed by atoms with Gasteiger partial charge in [0.05, 0.1) is 17.9 Å². The smallest absolute Gasteiger partial charge is 0.486 e. The Morgan fingerprint density at radius 2 is 1.48 bits per heavy atom. The zero-order valence-electron chi connectivity index (χ0n) is 17.1. The standard InChI is InChI=1S/C24H17ClF2N2O4/c25-16-4-1-14(2-5-16)23-18(15-3-7-19-21(11-15)31-10-9-30-19)13-29(28-23)17-6-8-20-22(12-17)33-24(26,27)32-20/h1-8,11-12,28H,9-10,13H2. The normalized spacial score (nSPS) is 17.8. The molecule has 3 aromatic carbocycles. The number of nitrogens with one attached hydrogen (secondary N) is 1. The highest BCUT2D eigenvalue weighted by molar-refractivity contribution is 6.30. The molecular formula is C24H17ClF2N2O4. The first-order chi connectivity index (χ1) is 15.9. The van der Waals surface area contributed by atoms with Crippen LogP contribution in [0.25, 0.3) is 11.3 Å². The highest BCUT2D eigenvalue weighted by Crippen LogP contribution is 2.44. The molecule has 9 heteroatoms. The minimum Gasteiger partial charge on any atom is -0.486 e. The molecule has 3 aromatic rings. The van der Waals surface area contributed by atoms with Crippen LogP contribution in [0.15, 0.2) is 60.7 Å². The number of rotatable bonds is 3. The van der Waals surface area contributed by atoms with Gasteiger partial charge in [0.1, 0.15) is 13.2 Å². The van der Waals surface area contributed by atoms with E-state index in [0.717, 1.165) is 22.4 Å². The summed E-state index contributed by atoms with van der Waals surface area (Å²) < 4.78 is 47.5. The highest BCUT2D eigenvalue weighted by Gasteiger charge is 2.43. The quantitative estimate of drug-likeness (QED) is 0.558. The minimum absolute atomic E-state index is 0.000824. The fourth-order valence-electron chi connectivity index (χ4n) is 4.06. The van der Waals surface area contributed by atoms with E-state index in [-0.39, 0.29) is 11.5 Å². The molecule has 3 aliphatic heterocycles. The molecule has 3 aliphatic rings. The van der Waals surface area contributed by atoms with Crippen molar-refractivity contribution in [3.63, 3.8) is 0 Å². The molecule has 0 saturated heterocycles. The minimum atomic E-state index is -3.66. The van der Waals surface area contributed by atoms with Crippen molar-refractivity contribution in [2.24, 2.45) is 0 Å². The Hall–Kier alpha value is -3.65. The topological polar surface area (TPSA) is 52.2 Å². The first-order valence-corrected chi connectivity index (χ1v) is 10.7. The first kappa shape index (κ1) is 20.0. The Bertz CT molecular complexity index is 1280. The Balaban J connectivity index is 1.38. The predicted octanol–water partition coefficient (Wildman–Crippen LogP) is 5.33. The van der Waals surface area contributed by atoms with E-state index in [4.69, 9.17) is 21.1 Å². The van der Waals surface area contributed by atoms with Crippen molar-refractivity contribution in [3.05, 3.63) is 76.8 Å². The van der Waals surface area contributed by atoms with Gasteiger partial charge in [0.15, 0.2) is 23.0 Å². The number of hydrogen-bond donors (Lipinski definition) is 1. The number of benzene rings is 3. The lowest BCUT2D eigenvalue weighted by molar-refractivity contribution is -0.286. The Kier molecular flexibility index (Phi) is 4.51. The summed E-state index contributed by atoms with van der Waals surface area (Å²) in [6.07, 6.45) is -3.66. The molecule has 3 heterocycles. The second-order valence-corrected chi connectivity index (χ2v) is 8.15. The van der Waals surface area contributed by atoms with Crippen molar-refractivity contribution < 1.29 is 27.7 Å². The second kappa shape index (κ2) is 7.45. The van der Waals surface area contributed by atoms with E-state index in [0.29, 0.717) is 42.0 Å². The summed E-state index contributed by atoms with van der Waals surface area (Å²) in [5.74, 6) is 1.38. The summed E-state index contributed by atoms with van der Waals surface area (Å²) in [4.78, 5) is 0. The average molecular weight is 471 g/mol. The van der Waals surface area contributed by atoms with Crippen molar-refractivity contribution in [2.75, 3.05) is 24.8 Å². The van der Waals surface area contributed by atoms with Gasteiger partial charge in [0.25, 0.3) is 0 Å². The number of hydrazine groups is 1. The van der Waals surface area contributed by atoms with E-state index in [2.05, 4.69) is 14.9 Å². The Morgan fingerprint density at radius 3 is 2.30 bits per heavy atom. The van der Waals surface area contributed by atoms with Gasteiger partial charge in [-0.1, -0.05) is 29.8 Å². The summed E-state index contributed by atoms with van der Waals surface area (Å²) >= 11 is 6.09. The van der Waals surface area contributed by atoms with E-state index >= 15 is 0 Å². The summed E-state index contributed by atoms with van der Waals surface area (Å²) in [5, 5.41) is 2.49. The van der Waals surface area contributed by atoms with Crippen molar-refractivity contribution >= 4 is 28.6 Å². The lowest BCUT2D eigenvalue weighted by atomic mass is 10.00. The van der Waals surface area contributed by atoms with Crippen LogP contribution < -0.4 is 29.4 Å². The zero-order valence-corrected chi connectivity index (χ0v) is 17.9. The van der Waals surface area contributed by atoms with Crippen molar-refractivity contribution in [1.29, 1.82) is 0 Å². The molecule has 0 saturated carbocycles. The third kappa shape index (κ3) is 3.66. The van der Waals surface area contributed by atoms with Crippen LogP contribution in [0.1, 0.15) is 11.1 Å². The summed E-state index contributed by atoms with van der Waals surface area (Å²) in [6, 6.07) is 18.0. The zero-order chi connectivity index (χ0) is 22.6. The fourth-order valence-corrected chi connectivity index (χ4v) is 4.19. The van der Waals surface area contributed by atoms with Gasteiger partial charge in [-0.05, 0) is 47.5 Å². The van der Waals surface area contributed by atoms with Crippen LogP contribution in [0.2, 0.25) is 5.02 Å². The van der Waals surface area contributed by atoms with Crippen LogP contribution in [0, 0.1) is 0 Å². The predicted molar refractivity (Wildman–Crippen MR) is 119 cm³/mol.